The Kier molecular flexibility index (Phi) is 9.62. The fourth-order valence-electron chi connectivity index (χ4n) is 2.87. The van der Waals surface area contributed by atoms with Gasteiger partial charge in [-0.1, -0.05) is 0 Å². The average molecular weight is 478 g/mol. The highest BCUT2D eigenvalue weighted by atomic mass is 32.2. The van der Waals surface area contributed by atoms with Crippen molar-refractivity contribution in [1.82, 2.24) is 4.72 Å². The van der Waals surface area contributed by atoms with E-state index < -0.39 is 16.9 Å². The molecule has 2 aromatic rings. The Hall–Kier alpha value is -3.66. The van der Waals surface area contributed by atoms with Crippen molar-refractivity contribution in [3.63, 3.8) is 0 Å². The summed E-state index contributed by atoms with van der Waals surface area (Å²) >= 11 is 0. The first kappa shape index (κ1) is 25.6. The number of methoxy groups -OCH3 is 6. The zero-order valence-corrected chi connectivity index (χ0v) is 20.1. The molecule has 2 rings (SSSR count). The molecule has 0 saturated heterocycles. The second-order valence-electron chi connectivity index (χ2n) is 6.32. The summed E-state index contributed by atoms with van der Waals surface area (Å²) in [6.07, 6.45) is 4.37. The van der Waals surface area contributed by atoms with Gasteiger partial charge in [-0.2, -0.15) is 0 Å². The van der Waals surface area contributed by atoms with E-state index in [1.165, 1.54) is 54.1 Å². The van der Waals surface area contributed by atoms with Crippen molar-refractivity contribution in [2.24, 2.45) is 0 Å². The quantitative estimate of drug-likeness (QED) is 0.493. The van der Waals surface area contributed by atoms with Gasteiger partial charge in [0.15, 0.2) is 23.0 Å². The van der Waals surface area contributed by atoms with Crippen LogP contribution in [0.5, 0.6) is 34.5 Å². The van der Waals surface area contributed by atoms with Gasteiger partial charge in [-0.15, -0.1) is 0 Å². The molecule has 0 fully saturated rings. The second-order valence-corrected chi connectivity index (χ2v) is 7.39. The number of rotatable bonds is 11. The van der Waals surface area contributed by atoms with Crippen LogP contribution in [-0.4, -0.2) is 52.8 Å². The Balaban J connectivity index is 2.10. The molecule has 0 aliphatic carbocycles. The Morgan fingerprint density at radius 1 is 0.697 bits per heavy atom. The molecule has 1 amide bonds. The van der Waals surface area contributed by atoms with Gasteiger partial charge in [0.1, 0.15) is 11.0 Å². The highest BCUT2D eigenvalue weighted by Crippen LogP contribution is 2.39. The van der Waals surface area contributed by atoms with Gasteiger partial charge in [-0.05, 0) is 47.5 Å². The number of carbonyl (C=O) groups excluding carboxylic acids is 1. The van der Waals surface area contributed by atoms with E-state index >= 15 is 0 Å². The molecule has 0 saturated carbocycles. The van der Waals surface area contributed by atoms with E-state index in [1.807, 2.05) is 0 Å². The molecule has 0 heterocycles. The van der Waals surface area contributed by atoms with Crippen LogP contribution < -0.4 is 33.1 Å². The van der Waals surface area contributed by atoms with Crippen molar-refractivity contribution in [3.05, 3.63) is 46.9 Å². The van der Waals surface area contributed by atoms with Gasteiger partial charge in [-0.25, -0.2) is 4.21 Å². The van der Waals surface area contributed by atoms with Crippen LogP contribution in [-0.2, 0) is 15.8 Å². The summed E-state index contributed by atoms with van der Waals surface area (Å²) in [6.45, 7) is 0. The van der Waals surface area contributed by atoms with Crippen molar-refractivity contribution in [2.45, 2.75) is 0 Å². The minimum absolute atomic E-state index is 0.444. The smallest absolute Gasteiger partial charge is 0.255 e. The highest BCUT2D eigenvalue weighted by molar-refractivity contribution is 7.86. The van der Waals surface area contributed by atoms with E-state index in [-0.39, 0.29) is 0 Å². The second kappa shape index (κ2) is 12.4. The Morgan fingerprint density at radius 2 is 1.09 bits per heavy atom. The number of benzene rings is 2. The van der Waals surface area contributed by atoms with Gasteiger partial charge in [0, 0.05) is 11.5 Å². The lowest BCUT2D eigenvalue weighted by Crippen LogP contribution is -2.21. The van der Waals surface area contributed by atoms with Gasteiger partial charge in [0.2, 0.25) is 11.5 Å². The molecule has 0 radical (unpaired) electrons. The minimum Gasteiger partial charge on any atom is -0.493 e. The van der Waals surface area contributed by atoms with Crippen molar-refractivity contribution >= 4 is 29.0 Å². The lowest BCUT2D eigenvalue weighted by atomic mass is 10.1. The van der Waals surface area contributed by atoms with Gasteiger partial charge < -0.3 is 28.4 Å². The Morgan fingerprint density at radius 3 is 1.45 bits per heavy atom. The van der Waals surface area contributed by atoms with Crippen molar-refractivity contribution < 1.29 is 37.4 Å². The van der Waals surface area contributed by atoms with E-state index in [9.17, 15) is 9.00 Å². The van der Waals surface area contributed by atoms with Crippen LogP contribution in [0.15, 0.2) is 35.7 Å². The summed E-state index contributed by atoms with van der Waals surface area (Å²) in [6, 6.07) is 6.77. The lowest BCUT2D eigenvalue weighted by Gasteiger charge is -2.12. The summed E-state index contributed by atoms with van der Waals surface area (Å²) in [5, 5.41) is 1.34. The first-order chi connectivity index (χ1) is 15.9. The van der Waals surface area contributed by atoms with Crippen LogP contribution >= 0.6 is 0 Å². The summed E-state index contributed by atoms with van der Waals surface area (Å²) < 4.78 is 46.3. The van der Waals surface area contributed by atoms with Gasteiger partial charge >= 0.3 is 0 Å². The molecule has 0 bridgehead atoms. The highest BCUT2D eigenvalue weighted by Gasteiger charge is 2.13. The third kappa shape index (κ3) is 6.66. The molecule has 1 atom stereocenters. The van der Waals surface area contributed by atoms with E-state index in [0.29, 0.717) is 45.6 Å². The SMILES string of the molecule is COc1cc(/C=C/C(=O)NS(=O)/C=C/c2cc(OC)c(OC)c(OC)c2)cc(OC)c1OC. The average Bonchev–Trinajstić information content (AvgIpc) is 2.84. The zero-order valence-electron chi connectivity index (χ0n) is 19.3. The number of nitrogens with one attached hydrogen (secondary N) is 1. The first-order valence-electron chi connectivity index (χ1n) is 9.58. The van der Waals surface area contributed by atoms with Gasteiger partial charge in [0.05, 0.1) is 42.7 Å². The Labute approximate surface area is 195 Å². The lowest BCUT2D eigenvalue weighted by molar-refractivity contribution is -0.114. The third-order valence-electron chi connectivity index (χ3n) is 4.39. The normalized spacial score (nSPS) is 11.8. The van der Waals surface area contributed by atoms with Gasteiger partial charge in [-0.3, -0.25) is 9.52 Å². The molecular weight excluding hydrogens is 450 g/mol. The fourth-order valence-corrected chi connectivity index (χ4v) is 3.49. The monoisotopic (exact) mass is 477 g/mol. The van der Waals surface area contributed by atoms with Crippen molar-refractivity contribution in [1.29, 1.82) is 0 Å². The van der Waals surface area contributed by atoms with Crippen LogP contribution in [0.3, 0.4) is 0 Å². The number of hydrogen-bond donors (Lipinski definition) is 1. The van der Waals surface area contributed by atoms with Crippen molar-refractivity contribution in [3.8, 4) is 34.5 Å². The maximum absolute atomic E-state index is 12.3. The van der Waals surface area contributed by atoms with E-state index in [2.05, 4.69) is 4.72 Å². The van der Waals surface area contributed by atoms with Crippen LogP contribution in [0.4, 0.5) is 0 Å². The van der Waals surface area contributed by atoms with Crippen LogP contribution in [0.2, 0.25) is 0 Å². The van der Waals surface area contributed by atoms with Crippen LogP contribution in [0, 0.1) is 0 Å². The van der Waals surface area contributed by atoms with Crippen LogP contribution in [0.1, 0.15) is 11.1 Å². The number of carbonyl (C=O) groups is 1. The molecule has 0 aromatic heterocycles. The molecular formula is C23H27NO8S. The van der Waals surface area contributed by atoms with Gasteiger partial charge in [0.25, 0.3) is 5.91 Å². The molecule has 0 aliphatic rings. The molecule has 1 N–H and O–H groups in total. The maximum Gasteiger partial charge on any atom is 0.255 e. The summed E-state index contributed by atoms with van der Waals surface area (Å²) in [5.74, 6) is 2.17. The molecule has 2 aromatic carbocycles. The standard InChI is InChI=1S/C23H27NO8S/c1-27-17-11-15(12-18(28-2)22(17)31-5)7-8-21(25)24-33(26)10-9-16-13-19(29-3)23(32-6)20(14-16)30-4/h7-14H,1-6H3,(H,24,25)/b8-7+,10-9+. The molecule has 178 valence electrons. The zero-order chi connectivity index (χ0) is 24.4. The molecule has 33 heavy (non-hydrogen) atoms. The topological polar surface area (TPSA) is 102 Å². The Bertz CT molecular complexity index is 931. The largest absolute Gasteiger partial charge is 0.493 e. The molecule has 9 nitrogen and oxygen atoms in total. The van der Waals surface area contributed by atoms with E-state index in [4.69, 9.17) is 28.4 Å². The summed E-state index contributed by atoms with van der Waals surface area (Å²) in [4.78, 5) is 12.2. The fraction of sp³-hybridized carbons (Fsp3) is 0.261. The number of ether oxygens (including phenoxy) is 6. The molecule has 10 heteroatoms. The molecule has 0 aliphatic heterocycles. The van der Waals surface area contributed by atoms with E-state index in [1.54, 1.807) is 36.4 Å². The van der Waals surface area contributed by atoms with Crippen LogP contribution in [0.25, 0.3) is 12.2 Å². The van der Waals surface area contributed by atoms with Crippen molar-refractivity contribution in [2.75, 3.05) is 42.7 Å². The number of amides is 1. The third-order valence-corrected chi connectivity index (χ3v) is 5.17. The predicted molar refractivity (Wildman–Crippen MR) is 127 cm³/mol. The predicted octanol–water partition coefficient (Wildman–Crippen LogP) is 3.20. The summed E-state index contributed by atoms with van der Waals surface area (Å²) in [7, 11) is 7.26. The first-order valence-corrected chi connectivity index (χ1v) is 10.8. The number of hydrogen-bond acceptors (Lipinski definition) is 8. The maximum atomic E-state index is 12.3. The minimum atomic E-state index is -1.76. The van der Waals surface area contributed by atoms with E-state index in [0.717, 1.165) is 0 Å². The molecule has 0 spiro atoms. The summed E-state index contributed by atoms with van der Waals surface area (Å²) in [5.41, 5.74) is 1.29. The molecule has 1 unspecified atom stereocenters.